The minimum Gasteiger partial charge on any atom is -0.493 e. The second-order valence-electron chi connectivity index (χ2n) is 10.7. The molecule has 0 aliphatic carbocycles. The third kappa shape index (κ3) is 7.04. The maximum Gasteiger partial charge on any atom is 0.407 e. The summed E-state index contributed by atoms with van der Waals surface area (Å²) in [4.78, 5) is 37.1. The highest BCUT2D eigenvalue weighted by Gasteiger charge is 2.29. The number of carboxylic acids is 1. The second-order valence-corrected chi connectivity index (χ2v) is 11.7. The fourth-order valence-corrected chi connectivity index (χ4v) is 5.58. The Kier molecular flexibility index (Phi) is 9.19. The number of pyridine rings is 1. The zero-order chi connectivity index (χ0) is 28.9. The average Bonchev–Trinajstić information content (AvgIpc) is 3.42. The van der Waals surface area contributed by atoms with Crippen LogP contribution in [0.5, 0.6) is 11.5 Å². The van der Waals surface area contributed by atoms with Gasteiger partial charge in [0, 0.05) is 29.2 Å². The summed E-state index contributed by atoms with van der Waals surface area (Å²) in [7, 11) is 1.57. The van der Waals surface area contributed by atoms with E-state index >= 15 is 0 Å². The van der Waals surface area contributed by atoms with Gasteiger partial charge in [-0.1, -0.05) is 18.9 Å². The van der Waals surface area contributed by atoms with Crippen LogP contribution in [0.15, 0.2) is 46.7 Å². The van der Waals surface area contributed by atoms with Crippen LogP contribution < -0.4 is 20.2 Å². The van der Waals surface area contributed by atoms with Gasteiger partial charge in [-0.25, -0.2) is 9.59 Å². The lowest BCUT2D eigenvalue weighted by atomic mass is 9.91. The van der Waals surface area contributed by atoms with Crippen molar-refractivity contribution in [3.8, 4) is 22.8 Å². The standard InChI is InChI=1S/C30H36N2O7S/c1-30(2,3)39-29(36)31-11-7-5-6-8-12-38-26-15-19-14-23(27-10-9-13-40-27)32-18-21(28(34)35)24(33)17-22(32)20(19)16-25(26)37-4/h9-10,13,15-18,23H,5-8,11-12,14H2,1-4H3,(H,31,36)(H,34,35). The van der Waals surface area contributed by atoms with E-state index in [2.05, 4.69) is 5.32 Å². The average molecular weight is 569 g/mol. The molecule has 40 heavy (non-hydrogen) atoms. The fraction of sp³-hybridized carbons (Fsp3) is 0.433. The van der Waals surface area contributed by atoms with E-state index in [1.165, 1.54) is 12.3 Å². The van der Waals surface area contributed by atoms with Crippen LogP contribution in [0.2, 0.25) is 0 Å². The van der Waals surface area contributed by atoms with E-state index in [4.69, 9.17) is 14.2 Å². The van der Waals surface area contributed by atoms with Gasteiger partial charge in [0.2, 0.25) is 0 Å². The predicted molar refractivity (Wildman–Crippen MR) is 154 cm³/mol. The predicted octanol–water partition coefficient (Wildman–Crippen LogP) is 5.89. The Balaban J connectivity index is 1.43. The number of ether oxygens (including phenoxy) is 3. The van der Waals surface area contributed by atoms with Crippen LogP contribution >= 0.6 is 11.3 Å². The normalized spacial score (nSPS) is 14.2. The molecule has 0 fully saturated rings. The van der Waals surface area contributed by atoms with Crippen molar-refractivity contribution in [2.24, 2.45) is 0 Å². The number of carbonyl (C=O) groups is 2. The summed E-state index contributed by atoms with van der Waals surface area (Å²) in [6.07, 6.45) is 5.28. The number of hydrogen-bond donors (Lipinski definition) is 2. The van der Waals surface area contributed by atoms with Crippen molar-refractivity contribution in [2.75, 3.05) is 20.3 Å². The summed E-state index contributed by atoms with van der Waals surface area (Å²) in [5, 5.41) is 14.3. The van der Waals surface area contributed by atoms with Crippen LogP contribution in [0, 0.1) is 0 Å². The molecule has 2 N–H and O–H groups in total. The molecule has 3 aromatic rings. The minimum absolute atomic E-state index is 0.142. The first-order chi connectivity index (χ1) is 19.1. The first-order valence-electron chi connectivity index (χ1n) is 13.4. The number of nitrogens with zero attached hydrogens (tertiary/aromatic N) is 1. The monoisotopic (exact) mass is 568 g/mol. The van der Waals surface area contributed by atoms with Gasteiger partial charge in [0.05, 0.1) is 25.5 Å². The van der Waals surface area contributed by atoms with Gasteiger partial charge in [-0.2, -0.15) is 0 Å². The Morgan fingerprint density at radius 1 is 1.12 bits per heavy atom. The van der Waals surface area contributed by atoms with Gasteiger partial charge in [-0.3, -0.25) is 4.79 Å². The first kappa shape index (κ1) is 29.2. The maximum absolute atomic E-state index is 12.6. The molecule has 1 aliphatic heterocycles. The largest absolute Gasteiger partial charge is 0.493 e. The van der Waals surface area contributed by atoms with Gasteiger partial charge in [0.25, 0.3) is 0 Å². The molecular formula is C30H36N2O7S. The summed E-state index contributed by atoms with van der Waals surface area (Å²) in [6, 6.07) is 9.08. The van der Waals surface area contributed by atoms with Gasteiger partial charge in [-0.05, 0) is 69.2 Å². The SMILES string of the molecule is COc1cc2c(cc1OCCCCCCNC(=O)OC(C)(C)C)CC(c1cccs1)n1cc(C(=O)O)c(=O)cc1-2. The van der Waals surface area contributed by atoms with Crippen molar-refractivity contribution in [3.05, 3.63) is 68.1 Å². The Bertz CT molecular complexity index is 1410. The lowest BCUT2D eigenvalue weighted by Crippen LogP contribution is -2.32. The molecule has 10 heteroatoms. The highest BCUT2D eigenvalue weighted by Crippen LogP contribution is 2.43. The van der Waals surface area contributed by atoms with Crippen molar-refractivity contribution >= 4 is 23.4 Å². The summed E-state index contributed by atoms with van der Waals surface area (Å²) in [5.41, 5.74) is 1.20. The van der Waals surface area contributed by atoms with Crippen LogP contribution in [0.25, 0.3) is 11.3 Å². The summed E-state index contributed by atoms with van der Waals surface area (Å²) >= 11 is 1.59. The highest BCUT2D eigenvalue weighted by atomic mass is 32.1. The second kappa shape index (κ2) is 12.6. The molecule has 2 aromatic heterocycles. The fourth-order valence-electron chi connectivity index (χ4n) is 4.76. The number of aromatic nitrogens is 1. The summed E-state index contributed by atoms with van der Waals surface area (Å²) in [5.74, 6) is -0.0522. The number of methoxy groups -OCH3 is 1. The van der Waals surface area contributed by atoms with Crippen LogP contribution in [-0.4, -0.2) is 47.6 Å². The van der Waals surface area contributed by atoms with E-state index in [0.29, 0.717) is 36.8 Å². The molecule has 0 bridgehead atoms. The number of hydrogen-bond acceptors (Lipinski definition) is 7. The van der Waals surface area contributed by atoms with E-state index in [9.17, 15) is 19.5 Å². The van der Waals surface area contributed by atoms with Gasteiger partial charge in [-0.15, -0.1) is 11.3 Å². The molecule has 1 amide bonds. The quantitative estimate of drug-likeness (QED) is 0.277. The molecular weight excluding hydrogens is 532 g/mol. The van der Waals surface area contributed by atoms with Crippen molar-refractivity contribution in [3.63, 3.8) is 0 Å². The molecule has 214 valence electrons. The van der Waals surface area contributed by atoms with Crippen LogP contribution in [-0.2, 0) is 11.2 Å². The van der Waals surface area contributed by atoms with Crippen molar-refractivity contribution < 1.29 is 28.9 Å². The number of aromatic carboxylic acids is 1. The molecule has 1 unspecified atom stereocenters. The number of amides is 1. The summed E-state index contributed by atoms with van der Waals surface area (Å²) in [6.45, 7) is 6.59. The number of thiophene rings is 1. The molecule has 1 atom stereocenters. The molecule has 0 radical (unpaired) electrons. The zero-order valence-electron chi connectivity index (χ0n) is 23.3. The molecule has 4 rings (SSSR count). The maximum atomic E-state index is 12.6. The lowest BCUT2D eigenvalue weighted by molar-refractivity contribution is 0.0526. The number of unbranched alkanes of at least 4 members (excludes halogenated alkanes) is 3. The van der Waals surface area contributed by atoms with E-state index in [1.807, 2.05) is 55.0 Å². The Hall–Kier alpha value is -3.79. The summed E-state index contributed by atoms with van der Waals surface area (Å²) < 4.78 is 18.9. The lowest BCUT2D eigenvalue weighted by Gasteiger charge is -2.31. The van der Waals surface area contributed by atoms with Crippen LogP contribution in [0.3, 0.4) is 0 Å². The number of rotatable bonds is 11. The van der Waals surface area contributed by atoms with E-state index < -0.39 is 23.1 Å². The highest BCUT2D eigenvalue weighted by molar-refractivity contribution is 7.10. The van der Waals surface area contributed by atoms with E-state index in [1.54, 1.807) is 18.4 Å². The van der Waals surface area contributed by atoms with Gasteiger partial charge in [0.1, 0.15) is 11.2 Å². The number of fused-ring (bicyclic) bond motifs is 3. The van der Waals surface area contributed by atoms with E-state index in [-0.39, 0.29) is 11.6 Å². The van der Waals surface area contributed by atoms with Crippen molar-refractivity contribution in [1.82, 2.24) is 9.88 Å². The molecule has 1 aliphatic rings. The number of nitrogens with one attached hydrogen (secondary N) is 1. The van der Waals surface area contributed by atoms with Crippen LogP contribution in [0.1, 0.15) is 73.3 Å². The molecule has 0 saturated carbocycles. The third-order valence-corrected chi connectivity index (χ3v) is 7.57. The Morgan fingerprint density at radius 3 is 2.58 bits per heavy atom. The molecule has 0 spiro atoms. The third-order valence-electron chi connectivity index (χ3n) is 6.59. The van der Waals surface area contributed by atoms with Crippen LogP contribution in [0.4, 0.5) is 4.79 Å². The molecule has 1 aromatic carbocycles. The molecule has 9 nitrogen and oxygen atoms in total. The zero-order valence-corrected chi connectivity index (χ0v) is 24.1. The van der Waals surface area contributed by atoms with Gasteiger partial charge in [0.15, 0.2) is 16.9 Å². The van der Waals surface area contributed by atoms with E-state index in [0.717, 1.165) is 41.7 Å². The van der Waals surface area contributed by atoms with Gasteiger partial charge < -0.3 is 29.2 Å². The number of carbonyl (C=O) groups excluding carboxylic acids is 1. The molecule has 3 heterocycles. The van der Waals surface area contributed by atoms with Crippen molar-refractivity contribution in [2.45, 2.75) is 64.5 Å². The minimum atomic E-state index is -1.24. The topological polar surface area (TPSA) is 116 Å². The number of carboxylic acid groups (broad SMARTS) is 1. The molecule has 0 saturated heterocycles. The van der Waals surface area contributed by atoms with Crippen molar-refractivity contribution in [1.29, 1.82) is 0 Å². The Labute approximate surface area is 237 Å². The number of benzene rings is 1. The Morgan fingerprint density at radius 2 is 1.90 bits per heavy atom. The number of alkyl carbamates (subject to hydrolysis) is 1. The first-order valence-corrected chi connectivity index (χ1v) is 14.3. The van der Waals surface area contributed by atoms with Gasteiger partial charge >= 0.3 is 12.1 Å². The smallest absolute Gasteiger partial charge is 0.407 e.